The first-order chi connectivity index (χ1) is 9.62. The summed E-state index contributed by atoms with van der Waals surface area (Å²) in [5.41, 5.74) is 2.65. The summed E-state index contributed by atoms with van der Waals surface area (Å²) >= 11 is 1.49. The molecule has 2 aromatic rings. The van der Waals surface area contributed by atoms with Gasteiger partial charge in [-0.2, -0.15) is 0 Å². The summed E-state index contributed by atoms with van der Waals surface area (Å²) in [5, 5.41) is 1.96. The van der Waals surface area contributed by atoms with E-state index in [-0.39, 0.29) is 5.78 Å². The van der Waals surface area contributed by atoms with Gasteiger partial charge in [0.05, 0.1) is 19.1 Å². The summed E-state index contributed by atoms with van der Waals surface area (Å²) in [7, 11) is 3.16. The van der Waals surface area contributed by atoms with Crippen LogP contribution in [0.15, 0.2) is 23.6 Å². The molecule has 0 unspecified atom stereocenters. The summed E-state index contributed by atoms with van der Waals surface area (Å²) in [6.07, 6.45) is 0.858. The molecule has 1 heterocycles. The first kappa shape index (κ1) is 14.6. The SMILES string of the molecule is CCc1ccsc1C(=O)c1cc(OC)c(OC)cc1C. The second-order valence-electron chi connectivity index (χ2n) is 4.48. The molecule has 2 rings (SSSR count). The molecule has 4 heteroatoms. The Labute approximate surface area is 123 Å². The minimum Gasteiger partial charge on any atom is -0.493 e. The van der Waals surface area contributed by atoms with Crippen molar-refractivity contribution in [3.63, 3.8) is 0 Å². The Morgan fingerprint density at radius 2 is 1.85 bits per heavy atom. The van der Waals surface area contributed by atoms with E-state index in [9.17, 15) is 4.79 Å². The number of aryl methyl sites for hydroxylation is 2. The molecule has 106 valence electrons. The standard InChI is InChI=1S/C16H18O3S/c1-5-11-6-7-20-16(11)15(17)12-9-14(19-4)13(18-3)8-10(12)2/h6-9H,5H2,1-4H3. The number of hydrogen-bond donors (Lipinski definition) is 0. The number of carbonyl (C=O) groups excluding carboxylic acids is 1. The zero-order chi connectivity index (χ0) is 14.7. The summed E-state index contributed by atoms with van der Waals surface area (Å²) in [5.74, 6) is 1.27. The van der Waals surface area contributed by atoms with Gasteiger partial charge in [-0.25, -0.2) is 0 Å². The Kier molecular flexibility index (Phi) is 4.45. The monoisotopic (exact) mass is 290 g/mol. The van der Waals surface area contributed by atoms with E-state index in [0.29, 0.717) is 17.1 Å². The highest BCUT2D eigenvalue weighted by Crippen LogP contribution is 2.32. The van der Waals surface area contributed by atoms with E-state index >= 15 is 0 Å². The molecule has 0 bridgehead atoms. The maximum absolute atomic E-state index is 12.7. The van der Waals surface area contributed by atoms with Gasteiger partial charge in [-0.1, -0.05) is 6.92 Å². The molecule has 0 aliphatic rings. The smallest absolute Gasteiger partial charge is 0.203 e. The fourth-order valence-corrected chi connectivity index (χ4v) is 3.11. The van der Waals surface area contributed by atoms with Crippen molar-refractivity contribution < 1.29 is 14.3 Å². The lowest BCUT2D eigenvalue weighted by molar-refractivity contribution is 0.104. The largest absolute Gasteiger partial charge is 0.493 e. The average molecular weight is 290 g/mol. The maximum Gasteiger partial charge on any atom is 0.203 e. The Morgan fingerprint density at radius 3 is 2.45 bits per heavy atom. The number of ketones is 1. The van der Waals surface area contributed by atoms with Gasteiger partial charge in [0.2, 0.25) is 5.78 Å². The topological polar surface area (TPSA) is 35.5 Å². The lowest BCUT2D eigenvalue weighted by Gasteiger charge is -2.12. The Bertz CT molecular complexity index is 629. The van der Waals surface area contributed by atoms with Crippen LogP contribution in [-0.4, -0.2) is 20.0 Å². The zero-order valence-electron chi connectivity index (χ0n) is 12.1. The van der Waals surface area contributed by atoms with Crippen LogP contribution >= 0.6 is 11.3 Å². The molecule has 0 aliphatic heterocycles. The van der Waals surface area contributed by atoms with Crippen molar-refractivity contribution in [1.82, 2.24) is 0 Å². The molecule has 0 spiro atoms. The van der Waals surface area contributed by atoms with Crippen molar-refractivity contribution in [2.45, 2.75) is 20.3 Å². The molecule has 0 saturated heterocycles. The first-order valence-electron chi connectivity index (χ1n) is 6.46. The molecular weight excluding hydrogens is 272 g/mol. The molecule has 1 aromatic heterocycles. The van der Waals surface area contributed by atoms with Crippen LogP contribution < -0.4 is 9.47 Å². The highest BCUT2D eigenvalue weighted by molar-refractivity contribution is 7.12. The number of methoxy groups -OCH3 is 2. The van der Waals surface area contributed by atoms with Crippen molar-refractivity contribution in [2.75, 3.05) is 14.2 Å². The van der Waals surface area contributed by atoms with E-state index in [1.54, 1.807) is 20.3 Å². The van der Waals surface area contributed by atoms with Crippen LogP contribution in [0.4, 0.5) is 0 Å². The van der Waals surface area contributed by atoms with Crippen LogP contribution in [-0.2, 0) is 6.42 Å². The maximum atomic E-state index is 12.7. The lowest BCUT2D eigenvalue weighted by atomic mass is 10.0. The summed E-state index contributed by atoms with van der Waals surface area (Å²) in [6.45, 7) is 3.97. The third kappa shape index (κ3) is 2.56. The number of thiophene rings is 1. The van der Waals surface area contributed by atoms with Crippen LogP contribution in [0.2, 0.25) is 0 Å². The second-order valence-corrected chi connectivity index (χ2v) is 5.40. The van der Waals surface area contributed by atoms with Gasteiger partial charge in [-0.05, 0) is 48.1 Å². The number of benzene rings is 1. The van der Waals surface area contributed by atoms with Gasteiger partial charge < -0.3 is 9.47 Å². The van der Waals surface area contributed by atoms with Crippen LogP contribution in [0.25, 0.3) is 0 Å². The number of carbonyl (C=O) groups is 1. The minimum atomic E-state index is 0.0512. The molecule has 20 heavy (non-hydrogen) atoms. The molecule has 0 atom stereocenters. The summed E-state index contributed by atoms with van der Waals surface area (Å²) < 4.78 is 10.5. The van der Waals surface area contributed by atoms with Gasteiger partial charge in [-0.15, -0.1) is 11.3 Å². The minimum absolute atomic E-state index is 0.0512. The third-order valence-electron chi connectivity index (χ3n) is 3.31. The van der Waals surface area contributed by atoms with Gasteiger partial charge in [0.25, 0.3) is 0 Å². The molecule has 0 radical (unpaired) electrons. The lowest BCUT2D eigenvalue weighted by Crippen LogP contribution is -2.05. The molecule has 0 fully saturated rings. The average Bonchev–Trinajstić information content (AvgIpc) is 2.94. The van der Waals surface area contributed by atoms with Gasteiger partial charge in [-0.3, -0.25) is 4.79 Å². The summed E-state index contributed by atoms with van der Waals surface area (Å²) in [4.78, 5) is 13.5. The van der Waals surface area contributed by atoms with E-state index in [0.717, 1.165) is 22.4 Å². The van der Waals surface area contributed by atoms with Crippen molar-refractivity contribution in [1.29, 1.82) is 0 Å². The van der Waals surface area contributed by atoms with Crippen LogP contribution in [0.5, 0.6) is 11.5 Å². The predicted octanol–water partition coefficient (Wildman–Crippen LogP) is 3.87. The van der Waals surface area contributed by atoms with E-state index in [2.05, 4.69) is 6.92 Å². The predicted molar refractivity (Wildman–Crippen MR) is 81.4 cm³/mol. The Balaban J connectivity index is 2.50. The van der Waals surface area contributed by atoms with Gasteiger partial charge in [0.1, 0.15) is 0 Å². The third-order valence-corrected chi connectivity index (χ3v) is 4.26. The fourth-order valence-electron chi connectivity index (χ4n) is 2.16. The highest BCUT2D eigenvalue weighted by atomic mass is 32.1. The van der Waals surface area contributed by atoms with Gasteiger partial charge in [0.15, 0.2) is 11.5 Å². The number of hydrogen-bond acceptors (Lipinski definition) is 4. The molecular formula is C16H18O3S. The van der Waals surface area contributed by atoms with E-state index in [1.807, 2.05) is 24.4 Å². The Hall–Kier alpha value is -1.81. The normalized spacial score (nSPS) is 10.4. The molecule has 0 amide bonds. The zero-order valence-corrected chi connectivity index (χ0v) is 13.0. The molecule has 0 aliphatic carbocycles. The van der Waals surface area contributed by atoms with Crippen molar-refractivity contribution >= 4 is 17.1 Å². The van der Waals surface area contributed by atoms with Gasteiger partial charge >= 0.3 is 0 Å². The van der Waals surface area contributed by atoms with E-state index in [1.165, 1.54) is 11.3 Å². The molecule has 0 saturated carbocycles. The van der Waals surface area contributed by atoms with E-state index in [4.69, 9.17) is 9.47 Å². The first-order valence-corrected chi connectivity index (χ1v) is 7.34. The van der Waals surface area contributed by atoms with Crippen LogP contribution in [0, 0.1) is 6.92 Å². The quantitative estimate of drug-likeness (QED) is 0.784. The van der Waals surface area contributed by atoms with Gasteiger partial charge in [0, 0.05) is 5.56 Å². The Morgan fingerprint density at radius 1 is 1.20 bits per heavy atom. The van der Waals surface area contributed by atoms with Crippen molar-refractivity contribution in [2.24, 2.45) is 0 Å². The number of rotatable bonds is 5. The molecule has 1 aromatic carbocycles. The van der Waals surface area contributed by atoms with E-state index < -0.39 is 0 Å². The summed E-state index contributed by atoms with van der Waals surface area (Å²) in [6, 6.07) is 5.61. The molecule has 0 N–H and O–H groups in total. The van der Waals surface area contributed by atoms with Crippen LogP contribution in [0.3, 0.4) is 0 Å². The number of ether oxygens (including phenoxy) is 2. The molecule has 3 nitrogen and oxygen atoms in total. The highest BCUT2D eigenvalue weighted by Gasteiger charge is 2.19. The van der Waals surface area contributed by atoms with Crippen molar-refractivity contribution in [3.05, 3.63) is 45.1 Å². The van der Waals surface area contributed by atoms with Crippen LogP contribution in [0.1, 0.15) is 33.3 Å². The second kappa shape index (κ2) is 6.09. The van der Waals surface area contributed by atoms with Crippen molar-refractivity contribution in [3.8, 4) is 11.5 Å². The fraction of sp³-hybridized carbons (Fsp3) is 0.312.